The van der Waals surface area contributed by atoms with E-state index in [-0.39, 0.29) is 23.7 Å². The molecule has 0 radical (unpaired) electrons. The molecule has 0 saturated heterocycles. The molecule has 0 aliphatic rings. The van der Waals surface area contributed by atoms with E-state index in [1.54, 1.807) is 6.92 Å². The van der Waals surface area contributed by atoms with Gasteiger partial charge in [0, 0.05) is 6.42 Å². The lowest BCUT2D eigenvalue weighted by molar-refractivity contribution is -0.116. The molecule has 0 heterocycles. The number of carbonyl (C=O) groups is 1. The van der Waals surface area contributed by atoms with Crippen LogP contribution in [0, 0.1) is 13.8 Å². The Balaban J connectivity index is 2.86. The molecule has 1 aromatic rings. The zero-order valence-corrected chi connectivity index (χ0v) is 11.3. The second kappa shape index (κ2) is 5.45. The van der Waals surface area contributed by atoms with Crippen LogP contribution in [0.4, 0.5) is 0 Å². The average Bonchev–Trinajstić information content (AvgIpc) is 2.13. The van der Waals surface area contributed by atoms with Gasteiger partial charge in [-0.1, -0.05) is 36.2 Å². The molecule has 17 heavy (non-hydrogen) atoms. The van der Waals surface area contributed by atoms with Crippen LogP contribution in [0.2, 0.25) is 0 Å². The fraction of sp³-hybridized carbons (Fsp3) is 0.462. The normalized spacial score (nSPS) is 11.5. The van der Waals surface area contributed by atoms with E-state index in [2.05, 4.69) is 0 Å². The molecule has 1 aromatic carbocycles. The number of ketones is 1. The number of benzene rings is 1. The number of sulfone groups is 1. The van der Waals surface area contributed by atoms with Crippen LogP contribution in [0.3, 0.4) is 0 Å². The molecule has 0 atom stereocenters. The highest BCUT2D eigenvalue weighted by molar-refractivity contribution is 7.91. The minimum absolute atomic E-state index is 0.0543. The summed E-state index contributed by atoms with van der Waals surface area (Å²) in [7, 11) is -3.33. The molecule has 0 saturated carbocycles. The number of carbonyl (C=O) groups excluding carboxylic acids is 1. The smallest absolute Gasteiger partial charge is 0.161 e. The Morgan fingerprint density at radius 2 is 1.65 bits per heavy atom. The molecule has 1 rings (SSSR count). The largest absolute Gasteiger partial charge is 0.299 e. The fourth-order valence-corrected chi connectivity index (χ4v) is 3.28. The van der Waals surface area contributed by atoms with Crippen LogP contribution in [-0.2, 0) is 20.4 Å². The van der Waals surface area contributed by atoms with E-state index in [1.165, 1.54) is 0 Å². The summed E-state index contributed by atoms with van der Waals surface area (Å²) in [6.07, 6.45) is 0.270. The lowest BCUT2D eigenvalue weighted by atomic mass is 10.1. The molecule has 0 unspecified atom stereocenters. The van der Waals surface area contributed by atoms with E-state index >= 15 is 0 Å². The van der Waals surface area contributed by atoms with Crippen molar-refractivity contribution in [2.24, 2.45) is 0 Å². The van der Waals surface area contributed by atoms with E-state index in [0.29, 0.717) is 0 Å². The molecule has 3 nitrogen and oxygen atoms in total. The monoisotopic (exact) mass is 254 g/mol. The van der Waals surface area contributed by atoms with Crippen LogP contribution in [0.1, 0.15) is 30.0 Å². The summed E-state index contributed by atoms with van der Waals surface area (Å²) in [5.74, 6) is -0.632. The van der Waals surface area contributed by atoms with E-state index in [4.69, 9.17) is 0 Å². The maximum atomic E-state index is 11.8. The zero-order chi connectivity index (χ0) is 13.1. The van der Waals surface area contributed by atoms with Crippen LogP contribution in [0.5, 0.6) is 0 Å². The van der Waals surface area contributed by atoms with Gasteiger partial charge in [0.1, 0.15) is 11.5 Å². The van der Waals surface area contributed by atoms with Crippen LogP contribution in [-0.4, -0.2) is 20.0 Å². The second-order valence-corrected chi connectivity index (χ2v) is 6.48. The zero-order valence-electron chi connectivity index (χ0n) is 10.5. The third-order valence-corrected chi connectivity index (χ3v) is 3.98. The van der Waals surface area contributed by atoms with Gasteiger partial charge in [0.05, 0.1) is 5.75 Å². The minimum atomic E-state index is -3.33. The molecule has 4 heteroatoms. The maximum absolute atomic E-state index is 11.8. The maximum Gasteiger partial charge on any atom is 0.161 e. The Bertz CT molecular complexity index is 495. The van der Waals surface area contributed by atoms with Crippen molar-refractivity contribution >= 4 is 15.6 Å². The highest BCUT2D eigenvalue weighted by Crippen LogP contribution is 2.12. The summed E-state index contributed by atoms with van der Waals surface area (Å²) in [5, 5.41) is 0. The van der Waals surface area contributed by atoms with Crippen molar-refractivity contribution in [1.82, 2.24) is 0 Å². The summed E-state index contributed by atoms with van der Waals surface area (Å²) < 4.78 is 23.5. The molecular weight excluding hydrogens is 236 g/mol. The topological polar surface area (TPSA) is 51.2 Å². The lowest BCUT2D eigenvalue weighted by Gasteiger charge is -2.06. The van der Waals surface area contributed by atoms with Crippen LogP contribution >= 0.6 is 0 Å². The SMILES string of the molecule is CCC(=O)CS(=O)(=O)Cc1cc(C)cc(C)c1. The van der Waals surface area contributed by atoms with E-state index in [9.17, 15) is 13.2 Å². The van der Waals surface area contributed by atoms with Gasteiger partial charge in [-0.15, -0.1) is 0 Å². The van der Waals surface area contributed by atoms with Crippen LogP contribution < -0.4 is 0 Å². The van der Waals surface area contributed by atoms with Crippen molar-refractivity contribution < 1.29 is 13.2 Å². The Labute approximate surface area is 103 Å². The van der Waals surface area contributed by atoms with E-state index in [0.717, 1.165) is 16.7 Å². The summed E-state index contributed by atoms with van der Waals surface area (Å²) in [6.45, 7) is 5.54. The van der Waals surface area contributed by atoms with Crippen molar-refractivity contribution in [3.63, 3.8) is 0 Å². The van der Waals surface area contributed by atoms with Crippen molar-refractivity contribution in [2.45, 2.75) is 32.9 Å². The van der Waals surface area contributed by atoms with Gasteiger partial charge >= 0.3 is 0 Å². The Morgan fingerprint density at radius 3 is 2.12 bits per heavy atom. The molecule has 0 aromatic heterocycles. The van der Waals surface area contributed by atoms with Crippen molar-refractivity contribution in [1.29, 1.82) is 0 Å². The van der Waals surface area contributed by atoms with Gasteiger partial charge in [-0.2, -0.15) is 0 Å². The first-order valence-corrected chi connectivity index (χ1v) is 7.44. The average molecular weight is 254 g/mol. The van der Waals surface area contributed by atoms with Crippen LogP contribution in [0.15, 0.2) is 18.2 Å². The lowest BCUT2D eigenvalue weighted by Crippen LogP contribution is -2.17. The molecule has 0 aliphatic heterocycles. The van der Waals surface area contributed by atoms with Crippen molar-refractivity contribution in [2.75, 3.05) is 5.75 Å². The van der Waals surface area contributed by atoms with Gasteiger partial charge in [-0.3, -0.25) is 4.79 Å². The standard InChI is InChI=1S/C13H18O3S/c1-4-13(14)9-17(15,16)8-12-6-10(2)5-11(3)7-12/h5-7H,4,8-9H2,1-3H3. The van der Waals surface area contributed by atoms with Gasteiger partial charge in [0.25, 0.3) is 0 Å². The summed E-state index contributed by atoms with van der Waals surface area (Å²) in [4.78, 5) is 11.2. The first-order chi connectivity index (χ1) is 7.82. The molecule has 94 valence electrons. The van der Waals surface area contributed by atoms with E-state index < -0.39 is 9.84 Å². The van der Waals surface area contributed by atoms with Gasteiger partial charge in [0.2, 0.25) is 0 Å². The number of hydrogen-bond acceptors (Lipinski definition) is 3. The van der Waals surface area contributed by atoms with Crippen LogP contribution in [0.25, 0.3) is 0 Å². The highest BCUT2D eigenvalue weighted by atomic mass is 32.2. The second-order valence-electron chi connectivity index (χ2n) is 4.42. The highest BCUT2D eigenvalue weighted by Gasteiger charge is 2.16. The third kappa shape index (κ3) is 4.69. The first-order valence-electron chi connectivity index (χ1n) is 5.61. The molecule has 0 N–H and O–H groups in total. The Kier molecular flexibility index (Phi) is 4.46. The molecule has 0 spiro atoms. The quantitative estimate of drug-likeness (QED) is 0.809. The number of Topliss-reactive ketones (excluding diaryl/α,β-unsaturated/α-hetero) is 1. The van der Waals surface area contributed by atoms with Crippen molar-refractivity contribution in [3.05, 3.63) is 34.9 Å². The minimum Gasteiger partial charge on any atom is -0.299 e. The van der Waals surface area contributed by atoms with Crippen molar-refractivity contribution in [3.8, 4) is 0 Å². The fourth-order valence-electron chi connectivity index (χ4n) is 1.80. The number of hydrogen-bond donors (Lipinski definition) is 0. The molecule has 0 bridgehead atoms. The Morgan fingerprint density at radius 1 is 1.12 bits per heavy atom. The summed E-state index contributed by atoms with van der Waals surface area (Å²) in [5.41, 5.74) is 2.83. The van der Waals surface area contributed by atoms with Gasteiger partial charge in [-0.05, 0) is 19.4 Å². The predicted molar refractivity (Wildman–Crippen MR) is 68.7 cm³/mol. The van der Waals surface area contributed by atoms with Gasteiger partial charge in [-0.25, -0.2) is 8.42 Å². The molecular formula is C13H18O3S. The number of aryl methyl sites for hydroxylation is 2. The number of rotatable bonds is 5. The third-order valence-electron chi connectivity index (χ3n) is 2.44. The summed E-state index contributed by atoms with van der Waals surface area (Å²) in [6, 6.07) is 5.69. The molecule has 0 amide bonds. The Hall–Kier alpha value is -1.16. The van der Waals surface area contributed by atoms with E-state index in [1.807, 2.05) is 32.0 Å². The van der Waals surface area contributed by atoms with Gasteiger partial charge < -0.3 is 0 Å². The van der Waals surface area contributed by atoms with Gasteiger partial charge in [0.15, 0.2) is 9.84 Å². The molecule has 0 aliphatic carbocycles. The predicted octanol–water partition coefficient (Wildman–Crippen LogP) is 2.20. The first kappa shape index (κ1) is 13.9. The summed E-state index contributed by atoms with van der Waals surface area (Å²) >= 11 is 0. The molecule has 0 fully saturated rings.